The normalized spacial score (nSPS) is 20.5. The van der Waals surface area contributed by atoms with Gasteiger partial charge in [-0.1, -0.05) is 12.1 Å². The molecule has 1 aromatic carbocycles. The average molecular weight is 322 g/mol. The molecule has 0 aromatic heterocycles. The third kappa shape index (κ3) is 3.10. The van der Waals surface area contributed by atoms with E-state index in [-0.39, 0.29) is 37.6 Å². The molecule has 7 heteroatoms. The molecule has 2 aliphatic rings. The van der Waals surface area contributed by atoms with Crippen molar-refractivity contribution in [3.63, 3.8) is 0 Å². The summed E-state index contributed by atoms with van der Waals surface area (Å²) in [5.74, 6) is -3.77. The van der Waals surface area contributed by atoms with Crippen LogP contribution in [0.4, 0.5) is 14.5 Å². The number of imide groups is 1. The van der Waals surface area contributed by atoms with E-state index < -0.39 is 17.7 Å². The van der Waals surface area contributed by atoms with Crippen LogP contribution in [0.5, 0.6) is 0 Å². The predicted octanol–water partition coefficient (Wildman–Crippen LogP) is 1.86. The summed E-state index contributed by atoms with van der Waals surface area (Å²) in [6, 6.07) is 6.92. The molecule has 23 heavy (non-hydrogen) atoms. The van der Waals surface area contributed by atoms with Gasteiger partial charge in [0.05, 0.1) is 13.2 Å². The number of carbonyl (C=O) groups is 2. The standard InChI is InChI=1S/C16H16F2N2O3/c17-16(18)8-11(9-16)10-2-1-3-12(6-10)19-13-7-14(22)20(4-5-21)15(13)23/h1-3,6-7,11,19,21H,4-5,8-9H2. The molecule has 1 aliphatic carbocycles. The first-order chi connectivity index (χ1) is 10.9. The number of β-amino-alcohol motifs (C(OH)–C–C–N with tert-alkyl or cyclic N) is 1. The van der Waals surface area contributed by atoms with Gasteiger partial charge in [-0.25, -0.2) is 8.78 Å². The molecule has 0 bridgehead atoms. The van der Waals surface area contributed by atoms with Crippen molar-refractivity contribution in [1.29, 1.82) is 0 Å². The van der Waals surface area contributed by atoms with Crippen molar-refractivity contribution in [2.75, 3.05) is 18.5 Å². The van der Waals surface area contributed by atoms with Gasteiger partial charge in [-0.15, -0.1) is 0 Å². The van der Waals surface area contributed by atoms with Crippen LogP contribution in [0.2, 0.25) is 0 Å². The van der Waals surface area contributed by atoms with Gasteiger partial charge in [0, 0.05) is 24.6 Å². The van der Waals surface area contributed by atoms with E-state index in [1.807, 2.05) is 0 Å². The Morgan fingerprint density at radius 2 is 2.04 bits per heavy atom. The number of alkyl halides is 2. The van der Waals surface area contributed by atoms with E-state index in [4.69, 9.17) is 5.11 Å². The van der Waals surface area contributed by atoms with Gasteiger partial charge >= 0.3 is 0 Å². The molecular formula is C16H16F2N2O3. The van der Waals surface area contributed by atoms with Gasteiger partial charge in [0.15, 0.2) is 0 Å². The SMILES string of the molecule is O=C1C=C(Nc2cccc(C3CC(F)(F)C3)c2)C(=O)N1CCO. The molecule has 0 spiro atoms. The summed E-state index contributed by atoms with van der Waals surface area (Å²) in [4.78, 5) is 24.7. The predicted molar refractivity (Wildman–Crippen MR) is 78.9 cm³/mol. The van der Waals surface area contributed by atoms with Crippen LogP contribution in [0, 0.1) is 0 Å². The maximum atomic E-state index is 13.0. The highest BCUT2D eigenvalue weighted by Crippen LogP contribution is 2.48. The highest BCUT2D eigenvalue weighted by molar-refractivity contribution is 6.17. The summed E-state index contributed by atoms with van der Waals surface area (Å²) >= 11 is 0. The maximum absolute atomic E-state index is 13.0. The minimum absolute atomic E-state index is 0.0590. The van der Waals surface area contributed by atoms with Crippen molar-refractivity contribution in [2.45, 2.75) is 24.7 Å². The number of carbonyl (C=O) groups excluding carboxylic acids is 2. The first-order valence-electron chi connectivity index (χ1n) is 7.33. The zero-order valence-electron chi connectivity index (χ0n) is 12.3. The third-order valence-electron chi connectivity index (χ3n) is 4.06. The van der Waals surface area contributed by atoms with Crippen LogP contribution >= 0.6 is 0 Å². The number of hydrogen-bond donors (Lipinski definition) is 2. The van der Waals surface area contributed by atoms with E-state index in [1.165, 1.54) is 6.08 Å². The van der Waals surface area contributed by atoms with Crippen molar-refractivity contribution < 1.29 is 23.5 Å². The Morgan fingerprint density at radius 3 is 2.70 bits per heavy atom. The Balaban J connectivity index is 1.71. The van der Waals surface area contributed by atoms with Crippen molar-refractivity contribution in [1.82, 2.24) is 4.90 Å². The number of aliphatic hydroxyl groups is 1. The number of amides is 2. The molecule has 122 valence electrons. The molecule has 0 atom stereocenters. The minimum atomic E-state index is -2.59. The number of halogens is 2. The molecule has 0 saturated heterocycles. The van der Waals surface area contributed by atoms with Crippen LogP contribution in [-0.2, 0) is 9.59 Å². The molecular weight excluding hydrogens is 306 g/mol. The zero-order valence-corrected chi connectivity index (χ0v) is 12.3. The van der Waals surface area contributed by atoms with Crippen LogP contribution in [-0.4, -0.2) is 40.9 Å². The Labute approximate surface area is 131 Å². The fraction of sp³-hybridized carbons (Fsp3) is 0.375. The summed E-state index contributed by atoms with van der Waals surface area (Å²) < 4.78 is 26.0. The smallest absolute Gasteiger partial charge is 0.277 e. The van der Waals surface area contributed by atoms with Crippen LogP contribution in [0.3, 0.4) is 0 Å². The fourth-order valence-electron chi connectivity index (χ4n) is 2.83. The Kier molecular flexibility index (Phi) is 3.89. The number of rotatable bonds is 5. The van der Waals surface area contributed by atoms with Crippen LogP contribution in [0.1, 0.15) is 24.3 Å². The van der Waals surface area contributed by atoms with Crippen LogP contribution in [0.15, 0.2) is 36.0 Å². The van der Waals surface area contributed by atoms with Crippen LogP contribution in [0.25, 0.3) is 0 Å². The number of nitrogens with one attached hydrogen (secondary N) is 1. The fourth-order valence-corrected chi connectivity index (χ4v) is 2.83. The van der Waals surface area contributed by atoms with Crippen molar-refractivity contribution in [3.8, 4) is 0 Å². The second-order valence-electron chi connectivity index (χ2n) is 5.79. The average Bonchev–Trinajstić information content (AvgIpc) is 2.73. The number of anilines is 1. The molecule has 1 aromatic rings. The lowest BCUT2D eigenvalue weighted by Gasteiger charge is -2.35. The Morgan fingerprint density at radius 1 is 1.30 bits per heavy atom. The van der Waals surface area contributed by atoms with E-state index in [9.17, 15) is 18.4 Å². The summed E-state index contributed by atoms with van der Waals surface area (Å²) in [6.07, 6.45) is 0.837. The maximum Gasteiger partial charge on any atom is 0.277 e. The number of benzene rings is 1. The van der Waals surface area contributed by atoms with E-state index in [1.54, 1.807) is 24.3 Å². The second kappa shape index (κ2) is 5.73. The van der Waals surface area contributed by atoms with E-state index in [0.29, 0.717) is 5.69 Å². The molecule has 2 amide bonds. The molecule has 0 unspecified atom stereocenters. The molecule has 1 fully saturated rings. The first-order valence-corrected chi connectivity index (χ1v) is 7.33. The lowest BCUT2D eigenvalue weighted by atomic mass is 9.77. The van der Waals surface area contributed by atoms with Crippen molar-refractivity contribution in [2.24, 2.45) is 0 Å². The van der Waals surface area contributed by atoms with Gasteiger partial charge in [0.1, 0.15) is 5.70 Å². The van der Waals surface area contributed by atoms with Gasteiger partial charge in [-0.3, -0.25) is 14.5 Å². The van der Waals surface area contributed by atoms with Gasteiger partial charge in [-0.05, 0) is 23.6 Å². The molecule has 2 N–H and O–H groups in total. The second-order valence-corrected chi connectivity index (χ2v) is 5.79. The molecule has 3 rings (SSSR count). The summed E-state index contributed by atoms with van der Waals surface area (Å²) in [7, 11) is 0. The highest BCUT2D eigenvalue weighted by atomic mass is 19.3. The lowest BCUT2D eigenvalue weighted by molar-refractivity contribution is -0.137. The quantitative estimate of drug-likeness (QED) is 0.812. The van der Waals surface area contributed by atoms with E-state index in [2.05, 4.69) is 5.32 Å². The number of hydrogen-bond acceptors (Lipinski definition) is 4. The molecule has 1 saturated carbocycles. The minimum Gasteiger partial charge on any atom is -0.395 e. The third-order valence-corrected chi connectivity index (χ3v) is 4.06. The first kappa shape index (κ1) is 15.6. The molecule has 1 aliphatic heterocycles. The summed E-state index contributed by atoms with van der Waals surface area (Å²) in [6.45, 7) is -0.361. The zero-order chi connectivity index (χ0) is 16.6. The molecule has 0 radical (unpaired) electrons. The van der Waals surface area contributed by atoms with Gasteiger partial charge < -0.3 is 10.4 Å². The van der Waals surface area contributed by atoms with Gasteiger partial charge in [-0.2, -0.15) is 0 Å². The topological polar surface area (TPSA) is 69.6 Å². The monoisotopic (exact) mass is 322 g/mol. The molecule has 1 heterocycles. The number of nitrogens with zero attached hydrogens (tertiary/aromatic N) is 1. The Hall–Kier alpha value is -2.28. The Bertz CT molecular complexity index is 680. The van der Waals surface area contributed by atoms with Gasteiger partial charge in [0.25, 0.3) is 11.8 Å². The lowest BCUT2D eigenvalue weighted by Crippen LogP contribution is -2.34. The largest absolute Gasteiger partial charge is 0.395 e. The van der Waals surface area contributed by atoms with Crippen molar-refractivity contribution in [3.05, 3.63) is 41.6 Å². The summed E-state index contributed by atoms with van der Waals surface area (Å²) in [5, 5.41) is 11.7. The van der Waals surface area contributed by atoms with Crippen LogP contribution < -0.4 is 5.32 Å². The number of aliphatic hydroxyl groups excluding tert-OH is 1. The summed E-state index contributed by atoms with van der Waals surface area (Å²) in [5.41, 5.74) is 1.46. The van der Waals surface area contributed by atoms with E-state index in [0.717, 1.165) is 10.5 Å². The van der Waals surface area contributed by atoms with E-state index >= 15 is 0 Å². The van der Waals surface area contributed by atoms with Crippen molar-refractivity contribution >= 4 is 17.5 Å². The molecule has 5 nitrogen and oxygen atoms in total. The highest BCUT2D eigenvalue weighted by Gasteiger charge is 2.45. The van der Waals surface area contributed by atoms with Gasteiger partial charge in [0.2, 0.25) is 5.92 Å².